The van der Waals surface area contributed by atoms with Gasteiger partial charge in [-0.2, -0.15) is 0 Å². The highest BCUT2D eigenvalue weighted by atomic mass is 32.1. The van der Waals surface area contributed by atoms with Crippen LogP contribution in [0.25, 0.3) is 0 Å². The molecule has 0 fully saturated rings. The summed E-state index contributed by atoms with van der Waals surface area (Å²) in [6.07, 6.45) is 2.42. The number of hydrogen-bond donors (Lipinski definition) is 1. The van der Waals surface area contributed by atoms with Crippen molar-refractivity contribution >= 4 is 11.3 Å². The number of likely N-dealkylation sites (N-methyl/N-ethyl adjacent to an activating group) is 1. The largest absolute Gasteiger partial charge is 0.315 e. The van der Waals surface area contributed by atoms with Gasteiger partial charge in [-0.3, -0.25) is 0 Å². The summed E-state index contributed by atoms with van der Waals surface area (Å²) in [5, 5.41) is 5.68. The molecule has 0 spiro atoms. The number of nitrogens with one attached hydrogen (secondary N) is 1. The lowest BCUT2D eigenvalue weighted by molar-refractivity contribution is 0.323. The van der Waals surface area contributed by atoms with Crippen molar-refractivity contribution in [2.24, 2.45) is 5.41 Å². The lowest BCUT2D eigenvalue weighted by Crippen LogP contribution is -2.32. The van der Waals surface area contributed by atoms with E-state index in [-0.39, 0.29) is 0 Å². The van der Waals surface area contributed by atoms with Gasteiger partial charge in [0.2, 0.25) is 0 Å². The van der Waals surface area contributed by atoms with Crippen LogP contribution < -0.4 is 5.32 Å². The highest BCUT2D eigenvalue weighted by Gasteiger charge is 2.08. The van der Waals surface area contributed by atoms with Crippen molar-refractivity contribution in [3.05, 3.63) is 22.4 Å². The fourth-order valence-corrected chi connectivity index (χ4v) is 2.42. The van der Waals surface area contributed by atoms with Crippen molar-refractivity contribution in [2.45, 2.75) is 33.6 Å². The number of thiophene rings is 1. The van der Waals surface area contributed by atoms with E-state index in [1.807, 2.05) is 11.3 Å². The van der Waals surface area contributed by atoms with Gasteiger partial charge in [-0.05, 0) is 43.3 Å². The molecule has 1 aromatic heterocycles. The van der Waals surface area contributed by atoms with Gasteiger partial charge in [-0.1, -0.05) is 26.8 Å². The van der Waals surface area contributed by atoms with Crippen molar-refractivity contribution in [1.29, 1.82) is 0 Å². The normalized spacial score (nSPS) is 12.3. The second kappa shape index (κ2) is 7.93. The fraction of sp³-hybridized carbons (Fsp3) is 0.733. The Labute approximate surface area is 116 Å². The number of hydrogen-bond acceptors (Lipinski definition) is 3. The summed E-state index contributed by atoms with van der Waals surface area (Å²) in [5.41, 5.74) is 0.443. The van der Waals surface area contributed by atoms with E-state index in [1.54, 1.807) is 0 Å². The minimum Gasteiger partial charge on any atom is -0.315 e. The molecule has 0 bridgehead atoms. The van der Waals surface area contributed by atoms with Crippen molar-refractivity contribution in [1.82, 2.24) is 10.2 Å². The van der Waals surface area contributed by atoms with Gasteiger partial charge in [0.15, 0.2) is 0 Å². The first-order valence-corrected chi connectivity index (χ1v) is 7.77. The quantitative estimate of drug-likeness (QED) is 0.728. The van der Waals surface area contributed by atoms with Gasteiger partial charge in [-0.25, -0.2) is 0 Å². The zero-order valence-electron chi connectivity index (χ0n) is 12.3. The van der Waals surface area contributed by atoms with E-state index < -0.39 is 0 Å². The SMILES string of the molecule is CN(CCNCCC(C)(C)C)CCc1cccs1. The van der Waals surface area contributed by atoms with E-state index in [0.717, 1.165) is 26.2 Å². The molecule has 104 valence electrons. The van der Waals surface area contributed by atoms with Gasteiger partial charge in [0.25, 0.3) is 0 Å². The molecule has 3 heteroatoms. The molecule has 0 saturated heterocycles. The van der Waals surface area contributed by atoms with E-state index in [9.17, 15) is 0 Å². The van der Waals surface area contributed by atoms with Crippen LogP contribution in [0.4, 0.5) is 0 Å². The van der Waals surface area contributed by atoms with Crippen LogP contribution >= 0.6 is 11.3 Å². The van der Waals surface area contributed by atoms with Crippen LogP contribution in [0, 0.1) is 5.41 Å². The van der Waals surface area contributed by atoms with E-state index in [2.05, 4.69) is 55.5 Å². The third kappa shape index (κ3) is 7.85. The van der Waals surface area contributed by atoms with Gasteiger partial charge in [0.05, 0.1) is 0 Å². The summed E-state index contributed by atoms with van der Waals surface area (Å²) in [5.74, 6) is 0. The third-order valence-electron chi connectivity index (χ3n) is 3.04. The van der Waals surface area contributed by atoms with Crippen molar-refractivity contribution in [3.8, 4) is 0 Å². The topological polar surface area (TPSA) is 15.3 Å². The molecule has 0 aliphatic carbocycles. The predicted octanol–water partition coefficient (Wildman–Crippen LogP) is 3.25. The van der Waals surface area contributed by atoms with Crippen molar-refractivity contribution in [2.75, 3.05) is 33.2 Å². The Morgan fingerprint density at radius 1 is 1.22 bits per heavy atom. The summed E-state index contributed by atoms with van der Waals surface area (Å²) in [6, 6.07) is 4.36. The standard InChI is InChI=1S/C15H28N2S/c1-15(2,3)8-9-16-10-12-17(4)11-7-14-6-5-13-18-14/h5-6,13,16H,7-12H2,1-4H3. The highest BCUT2D eigenvalue weighted by molar-refractivity contribution is 7.09. The molecule has 1 rings (SSSR count). The van der Waals surface area contributed by atoms with Crippen molar-refractivity contribution < 1.29 is 0 Å². The molecule has 1 N–H and O–H groups in total. The zero-order chi connectivity index (χ0) is 13.4. The molecule has 1 aromatic rings. The maximum Gasteiger partial charge on any atom is 0.0104 e. The Balaban J connectivity index is 1.98. The minimum absolute atomic E-state index is 0.443. The molecule has 0 radical (unpaired) electrons. The summed E-state index contributed by atoms with van der Waals surface area (Å²) in [7, 11) is 2.21. The van der Waals surface area contributed by atoms with Gasteiger partial charge in [-0.15, -0.1) is 11.3 Å². The molecule has 0 saturated carbocycles. The Bertz CT molecular complexity index is 301. The molecule has 0 aliphatic rings. The Morgan fingerprint density at radius 3 is 2.61 bits per heavy atom. The number of nitrogens with zero attached hydrogens (tertiary/aromatic N) is 1. The summed E-state index contributed by atoms with van der Waals surface area (Å²) in [4.78, 5) is 3.90. The zero-order valence-corrected chi connectivity index (χ0v) is 13.1. The van der Waals surface area contributed by atoms with Crippen LogP contribution in [-0.4, -0.2) is 38.1 Å². The van der Waals surface area contributed by atoms with Gasteiger partial charge in [0, 0.05) is 24.5 Å². The van der Waals surface area contributed by atoms with Gasteiger partial charge >= 0.3 is 0 Å². The van der Waals surface area contributed by atoms with Gasteiger partial charge in [0.1, 0.15) is 0 Å². The molecule has 0 aliphatic heterocycles. The van der Waals surface area contributed by atoms with E-state index in [1.165, 1.54) is 17.7 Å². The Hall–Kier alpha value is -0.380. The van der Waals surface area contributed by atoms with Crippen LogP contribution in [-0.2, 0) is 6.42 Å². The second-order valence-electron chi connectivity index (χ2n) is 6.19. The van der Waals surface area contributed by atoms with E-state index in [0.29, 0.717) is 5.41 Å². The monoisotopic (exact) mass is 268 g/mol. The average molecular weight is 268 g/mol. The first kappa shape index (κ1) is 15.7. The van der Waals surface area contributed by atoms with Crippen molar-refractivity contribution in [3.63, 3.8) is 0 Å². The Kier molecular flexibility index (Phi) is 6.90. The molecular weight excluding hydrogens is 240 g/mol. The van der Waals surface area contributed by atoms with E-state index >= 15 is 0 Å². The van der Waals surface area contributed by atoms with Crippen LogP contribution in [0.2, 0.25) is 0 Å². The molecule has 0 unspecified atom stereocenters. The summed E-state index contributed by atoms with van der Waals surface area (Å²) >= 11 is 1.86. The van der Waals surface area contributed by atoms with Crippen LogP contribution in [0.15, 0.2) is 17.5 Å². The maximum absolute atomic E-state index is 3.53. The first-order valence-electron chi connectivity index (χ1n) is 6.89. The second-order valence-corrected chi connectivity index (χ2v) is 7.23. The van der Waals surface area contributed by atoms with E-state index in [4.69, 9.17) is 0 Å². The minimum atomic E-state index is 0.443. The van der Waals surface area contributed by atoms with Crippen LogP contribution in [0.5, 0.6) is 0 Å². The molecule has 2 nitrogen and oxygen atoms in total. The summed E-state index contributed by atoms with van der Waals surface area (Å²) in [6.45, 7) is 11.4. The van der Waals surface area contributed by atoms with Crippen LogP contribution in [0.1, 0.15) is 32.1 Å². The first-order chi connectivity index (χ1) is 8.47. The fourth-order valence-electron chi connectivity index (χ4n) is 1.73. The Morgan fingerprint density at radius 2 is 2.00 bits per heavy atom. The maximum atomic E-state index is 3.53. The molecule has 18 heavy (non-hydrogen) atoms. The molecule has 1 heterocycles. The molecule has 0 atom stereocenters. The third-order valence-corrected chi connectivity index (χ3v) is 3.98. The highest BCUT2D eigenvalue weighted by Crippen LogP contribution is 2.16. The lowest BCUT2D eigenvalue weighted by Gasteiger charge is -2.20. The molecular formula is C15H28N2S. The summed E-state index contributed by atoms with van der Waals surface area (Å²) < 4.78 is 0. The predicted molar refractivity (Wildman–Crippen MR) is 82.5 cm³/mol. The molecule has 0 amide bonds. The smallest absolute Gasteiger partial charge is 0.0104 e. The average Bonchev–Trinajstić information content (AvgIpc) is 2.77. The molecule has 0 aromatic carbocycles. The lowest BCUT2D eigenvalue weighted by atomic mass is 9.92. The number of rotatable bonds is 8. The van der Waals surface area contributed by atoms with Gasteiger partial charge < -0.3 is 10.2 Å². The van der Waals surface area contributed by atoms with Crippen LogP contribution in [0.3, 0.4) is 0 Å².